The van der Waals surface area contributed by atoms with E-state index < -0.39 is 4.92 Å². The molecule has 0 saturated carbocycles. The first-order chi connectivity index (χ1) is 14.6. The molecule has 30 heavy (non-hydrogen) atoms. The predicted molar refractivity (Wildman–Crippen MR) is 116 cm³/mol. The Hall–Kier alpha value is -3.65. The predicted octanol–water partition coefficient (Wildman–Crippen LogP) is 5.07. The molecule has 2 aromatic carbocycles. The van der Waals surface area contributed by atoms with Crippen LogP contribution in [0.15, 0.2) is 65.9 Å². The van der Waals surface area contributed by atoms with E-state index in [0.29, 0.717) is 29.7 Å². The fourth-order valence-corrected chi connectivity index (χ4v) is 2.66. The summed E-state index contributed by atoms with van der Waals surface area (Å²) in [6, 6.07) is 15.6. The summed E-state index contributed by atoms with van der Waals surface area (Å²) in [5, 5.41) is 15.7. The molecule has 0 unspecified atom stereocenters. The van der Waals surface area contributed by atoms with Gasteiger partial charge in [0.05, 0.1) is 17.7 Å². The zero-order valence-corrected chi connectivity index (χ0v) is 16.9. The van der Waals surface area contributed by atoms with Crippen LogP contribution in [0.4, 0.5) is 11.5 Å². The van der Waals surface area contributed by atoms with Gasteiger partial charge < -0.3 is 9.47 Å². The van der Waals surface area contributed by atoms with E-state index in [-0.39, 0.29) is 11.5 Å². The van der Waals surface area contributed by atoms with Crippen molar-refractivity contribution in [3.63, 3.8) is 0 Å². The lowest BCUT2D eigenvalue weighted by Crippen LogP contribution is -2.01. The van der Waals surface area contributed by atoms with Gasteiger partial charge in [0.2, 0.25) is 5.82 Å². The molecule has 0 radical (unpaired) electrons. The Morgan fingerprint density at radius 2 is 1.97 bits per heavy atom. The van der Waals surface area contributed by atoms with E-state index in [0.717, 1.165) is 11.1 Å². The highest BCUT2D eigenvalue weighted by Gasteiger charge is 2.13. The number of ether oxygens (including phenoxy) is 2. The number of nitro groups is 1. The Morgan fingerprint density at radius 3 is 2.70 bits per heavy atom. The minimum absolute atomic E-state index is 0.0618. The number of rotatable bonds is 9. The van der Waals surface area contributed by atoms with Crippen LogP contribution in [-0.2, 0) is 6.61 Å². The minimum Gasteiger partial charge on any atom is -0.490 e. The summed E-state index contributed by atoms with van der Waals surface area (Å²) in [4.78, 5) is 14.4. The van der Waals surface area contributed by atoms with Gasteiger partial charge in [0.1, 0.15) is 6.61 Å². The molecule has 154 valence electrons. The molecular formula is C21H19ClN4O4. The topological polar surface area (TPSA) is 98.9 Å². The van der Waals surface area contributed by atoms with Crippen LogP contribution in [0.2, 0.25) is 5.02 Å². The number of halogens is 1. The average Bonchev–Trinajstić information content (AvgIpc) is 2.75. The van der Waals surface area contributed by atoms with Gasteiger partial charge in [-0.3, -0.25) is 15.5 Å². The standard InChI is InChI=1S/C21H19ClN4O4/c1-2-29-20-12-16(13-24-25-21-18(26(27)28)4-3-11-23-21)7-10-19(20)30-14-15-5-8-17(22)9-6-15/h3-13H,2,14H2,1H3,(H,23,25)/b24-13-. The lowest BCUT2D eigenvalue weighted by molar-refractivity contribution is -0.384. The summed E-state index contributed by atoms with van der Waals surface area (Å²) < 4.78 is 11.5. The molecule has 0 amide bonds. The van der Waals surface area contributed by atoms with Crippen molar-refractivity contribution in [1.82, 2.24) is 4.98 Å². The van der Waals surface area contributed by atoms with E-state index >= 15 is 0 Å². The Kier molecular flexibility index (Phi) is 7.18. The number of nitrogens with one attached hydrogen (secondary N) is 1. The molecular weight excluding hydrogens is 408 g/mol. The van der Waals surface area contributed by atoms with Gasteiger partial charge in [0, 0.05) is 17.3 Å². The van der Waals surface area contributed by atoms with E-state index in [1.54, 1.807) is 18.2 Å². The van der Waals surface area contributed by atoms with Crippen molar-refractivity contribution < 1.29 is 14.4 Å². The lowest BCUT2D eigenvalue weighted by atomic mass is 10.2. The third-order valence-electron chi connectivity index (χ3n) is 3.94. The van der Waals surface area contributed by atoms with Gasteiger partial charge in [-0.25, -0.2) is 4.98 Å². The number of nitrogens with zero attached hydrogens (tertiary/aromatic N) is 3. The first-order valence-corrected chi connectivity index (χ1v) is 9.47. The van der Waals surface area contributed by atoms with Crippen molar-refractivity contribution in [1.29, 1.82) is 0 Å². The molecule has 9 heteroatoms. The van der Waals surface area contributed by atoms with Crippen LogP contribution in [0.5, 0.6) is 11.5 Å². The van der Waals surface area contributed by atoms with Crippen LogP contribution in [0.3, 0.4) is 0 Å². The fourth-order valence-electron chi connectivity index (χ4n) is 2.53. The fraction of sp³-hybridized carbons (Fsp3) is 0.143. The van der Waals surface area contributed by atoms with E-state index in [1.165, 1.54) is 24.5 Å². The van der Waals surface area contributed by atoms with Crippen molar-refractivity contribution in [3.05, 3.63) is 87.1 Å². The van der Waals surface area contributed by atoms with Gasteiger partial charge in [0.25, 0.3) is 0 Å². The van der Waals surface area contributed by atoms with Crippen molar-refractivity contribution in [3.8, 4) is 11.5 Å². The van der Waals surface area contributed by atoms with Crippen LogP contribution in [0.25, 0.3) is 0 Å². The molecule has 3 aromatic rings. The number of aromatic nitrogens is 1. The molecule has 0 spiro atoms. The van der Waals surface area contributed by atoms with Crippen LogP contribution < -0.4 is 14.9 Å². The molecule has 3 rings (SSSR count). The second-order valence-electron chi connectivity index (χ2n) is 6.05. The third kappa shape index (κ3) is 5.68. The van der Waals surface area contributed by atoms with Gasteiger partial charge in [-0.1, -0.05) is 23.7 Å². The lowest BCUT2D eigenvalue weighted by Gasteiger charge is -2.12. The quantitative estimate of drug-likeness (QED) is 0.291. The number of benzene rings is 2. The molecule has 0 saturated heterocycles. The van der Waals surface area contributed by atoms with Gasteiger partial charge in [-0.15, -0.1) is 0 Å². The Labute approximate surface area is 178 Å². The molecule has 1 heterocycles. The normalized spacial score (nSPS) is 10.7. The highest BCUT2D eigenvalue weighted by Crippen LogP contribution is 2.29. The zero-order chi connectivity index (χ0) is 21.3. The van der Waals surface area contributed by atoms with Crippen molar-refractivity contribution in [2.45, 2.75) is 13.5 Å². The van der Waals surface area contributed by atoms with Crippen molar-refractivity contribution >= 4 is 29.3 Å². The van der Waals surface area contributed by atoms with E-state index in [9.17, 15) is 10.1 Å². The molecule has 0 aliphatic rings. The maximum Gasteiger partial charge on any atom is 0.313 e. The molecule has 0 atom stereocenters. The van der Waals surface area contributed by atoms with Crippen LogP contribution >= 0.6 is 11.6 Å². The average molecular weight is 427 g/mol. The van der Waals surface area contributed by atoms with Crippen molar-refractivity contribution in [2.24, 2.45) is 5.10 Å². The highest BCUT2D eigenvalue weighted by atomic mass is 35.5. The molecule has 0 fully saturated rings. The number of hydrogen-bond donors (Lipinski definition) is 1. The summed E-state index contributed by atoms with van der Waals surface area (Å²) in [5.74, 6) is 1.23. The van der Waals surface area contributed by atoms with Crippen LogP contribution in [0, 0.1) is 10.1 Å². The smallest absolute Gasteiger partial charge is 0.313 e. The molecule has 1 aromatic heterocycles. The Bertz CT molecular complexity index is 1040. The monoisotopic (exact) mass is 426 g/mol. The molecule has 0 aliphatic heterocycles. The largest absolute Gasteiger partial charge is 0.490 e. The zero-order valence-electron chi connectivity index (χ0n) is 16.1. The molecule has 8 nitrogen and oxygen atoms in total. The van der Waals surface area contributed by atoms with Crippen molar-refractivity contribution in [2.75, 3.05) is 12.0 Å². The van der Waals surface area contributed by atoms with Crippen LogP contribution in [0.1, 0.15) is 18.1 Å². The van der Waals surface area contributed by atoms with E-state index in [2.05, 4.69) is 15.5 Å². The summed E-state index contributed by atoms with van der Waals surface area (Å²) in [6.45, 7) is 2.72. The summed E-state index contributed by atoms with van der Waals surface area (Å²) >= 11 is 5.90. The van der Waals surface area contributed by atoms with Gasteiger partial charge >= 0.3 is 5.69 Å². The Morgan fingerprint density at radius 1 is 1.17 bits per heavy atom. The summed E-state index contributed by atoms with van der Waals surface area (Å²) in [6.07, 6.45) is 2.97. The Balaban J connectivity index is 1.70. The van der Waals surface area contributed by atoms with Crippen LogP contribution in [-0.4, -0.2) is 22.7 Å². The maximum atomic E-state index is 11.0. The molecule has 0 bridgehead atoms. The molecule has 0 aliphatic carbocycles. The summed E-state index contributed by atoms with van der Waals surface area (Å²) in [5.41, 5.74) is 4.14. The first-order valence-electron chi connectivity index (χ1n) is 9.09. The first kappa shape index (κ1) is 21.1. The highest BCUT2D eigenvalue weighted by molar-refractivity contribution is 6.30. The molecule has 1 N–H and O–H groups in total. The number of hydrazone groups is 1. The second kappa shape index (κ2) is 10.2. The SMILES string of the molecule is CCOc1cc(/C=N\Nc2ncccc2[N+](=O)[O-])ccc1OCc1ccc(Cl)cc1. The third-order valence-corrected chi connectivity index (χ3v) is 4.19. The second-order valence-corrected chi connectivity index (χ2v) is 6.49. The summed E-state index contributed by atoms with van der Waals surface area (Å²) in [7, 11) is 0. The minimum atomic E-state index is -0.523. The maximum absolute atomic E-state index is 11.0. The number of pyridine rings is 1. The number of anilines is 1. The van der Waals surface area contributed by atoms with E-state index in [1.807, 2.05) is 31.2 Å². The van der Waals surface area contributed by atoms with Gasteiger partial charge in [0.15, 0.2) is 11.5 Å². The van der Waals surface area contributed by atoms with Gasteiger partial charge in [-0.2, -0.15) is 5.10 Å². The van der Waals surface area contributed by atoms with E-state index in [4.69, 9.17) is 21.1 Å². The number of hydrogen-bond acceptors (Lipinski definition) is 7. The van der Waals surface area contributed by atoms with Gasteiger partial charge in [-0.05, 0) is 54.4 Å².